The molecule has 0 bridgehead atoms. The molecule has 2 aromatic rings. The van der Waals surface area contributed by atoms with E-state index in [1.807, 2.05) is 28.9 Å². The van der Waals surface area contributed by atoms with Gasteiger partial charge in [-0.3, -0.25) is 4.79 Å². The number of para-hydroxylation sites is 1. The van der Waals surface area contributed by atoms with Crippen molar-refractivity contribution in [3.8, 4) is 11.4 Å². The highest BCUT2D eigenvalue weighted by atomic mass is 16.1. The largest absolute Gasteiger partial charge is 0.361 e. The number of benzene rings is 1. The van der Waals surface area contributed by atoms with Crippen LogP contribution in [0.3, 0.4) is 0 Å². The predicted octanol–water partition coefficient (Wildman–Crippen LogP) is 1.88. The Bertz CT molecular complexity index is 730. The zero-order chi connectivity index (χ0) is 13.0. The predicted molar refractivity (Wildman–Crippen MR) is 71.9 cm³/mol. The number of aryl methyl sites for hydroxylation is 1. The van der Waals surface area contributed by atoms with Gasteiger partial charge >= 0.3 is 0 Å². The number of nitrogens with one attached hydrogen (secondary N) is 1. The van der Waals surface area contributed by atoms with Crippen LogP contribution in [0, 0.1) is 6.92 Å². The lowest BCUT2D eigenvalue weighted by molar-refractivity contribution is 0.155. The van der Waals surface area contributed by atoms with Crippen LogP contribution in [0.15, 0.2) is 29.1 Å². The number of rotatable bonds is 0. The number of fused-ring (bicyclic) bond motifs is 4. The third-order valence-electron chi connectivity index (χ3n) is 4.09. The van der Waals surface area contributed by atoms with Gasteiger partial charge in [-0.05, 0) is 38.3 Å². The van der Waals surface area contributed by atoms with Crippen LogP contribution in [0.1, 0.15) is 25.0 Å². The molecule has 1 saturated carbocycles. The summed E-state index contributed by atoms with van der Waals surface area (Å²) < 4.78 is 1.91. The third kappa shape index (κ3) is 1.32. The van der Waals surface area contributed by atoms with Crippen LogP contribution in [0.25, 0.3) is 11.4 Å². The molecule has 2 aliphatic rings. The summed E-state index contributed by atoms with van der Waals surface area (Å²) in [6.45, 7) is 1.72. The Kier molecular flexibility index (Phi) is 1.94. The van der Waals surface area contributed by atoms with Crippen LogP contribution in [-0.2, 0) is 5.66 Å². The molecule has 5 nitrogen and oxygen atoms in total. The number of aromatic nitrogens is 3. The van der Waals surface area contributed by atoms with Gasteiger partial charge in [-0.1, -0.05) is 12.1 Å². The molecule has 96 valence electrons. The molecule has 1 aliphatic heterocycles. The molecule has 1 N–H and O–H groups in total. The molecular formula is C14H14N4O. The van der Waals surface area contributed by atoms with Crippen molar-refractivity contribution in [2.75, 3.05) is 5.32 Å². The zero-order valence-electron chi connectivity index (χ0n) is 10.7. The molecule has 1 fully saturated rings. The van der Waals surface area contributed by atoms with E-state index in [2.05, 4.69) is 15.4 Å². The fraction of sp³-hybridized carbons (Fsp3) is 0.357. The quantitative estimate of drug-likeness (QED) is 0.779. The Morgan fingerprint density at radius 3 is 2.84 bits per heavy atom. The molecule has 0 radical (unpaired) electrons. The number of anilines is 1. The molecule has 5 heteroatoms. The summed E-state index contributed by atoms with van der Waals surface area (Å²) in [5, 5.41) is 8.04. The minimum Gasteiger partial charge on any atom is -0.361 e. The van der Waals surface area contributed by atoms with Gasteiger partial charge in [0, 0.05) is 11.3 Å². The van der Waals surface area contributed by atoms with Crippen molar-refractivity contribution in [2.24, 2.45) is 0 Å². The molecule has 0 saturated heterocycles. The summed E-state index contributed by atoms with van der Waals surface area (Å²) in [6, 6.07) is 7.96. The van der Waals surface area contributed by atoms with E-state index in [4.69, 9.17) is 0 Å². The smallest absolute Gasteiger partial charge is 0.294 e. The lowest BCUT2D eigenvalue weighted by Gasteiger charge is -2.47. The van der Waals surface area contributed by atoms with Crippen molar-refractivity contribution in [2.45, 2.75) is 31.8 Å². The molecule has 1 spiro atoms. The van der Waals surface area contributed by atoms with Crippen molar-refractivity contribution in [1.29, 1.82) is 0 Å². The monoisotopic (exact) mass is 254 g/mol. The Hall–Kier alpha value is -2.17. The van der Waals surface area contributed by atoms with E-state index in [1.54, 1.807) is 6.92 Å². The summed E-state index contributed by atoms with van der Waals surface area (Å²) in [6.07, 6.45) is 3.21. The van der Waals surface area contributed by atoms with Crippen LogP contribution < -0.4 is 10.9 Å². The van der Waals surface area contributed by atoms with Gasteiger partial charge in [0.05, 0.1) is 0 Å². The third-order valence-corrected chi connectivity index (χ3v) is 4.09. The highest BCUT2D eigenvalue weighted by Crippen LogP contribution is 2.46. The van der Waals surface area contributed by atoms with E-state index in [0.717, 1.165) is 24.1 Å². The Labute approximate surface area is 110 Å². The zero-order valence-corrected chi connectivity index (χ0v) is 10.7. The summed E-state index contributed by atoms with van der Waals surface area (Å²) in [5.74, 6) is 0.685. The average molecular weight is 254 g/mol. The molecule has 19 heavy (non-hydrogen) atoms. The summed E-state index contributed by atoms with van der Waals surface area (Å²) >= 11 is 0. The molecule has 2 heterocycles. The van der Waals surface area contributed by atoms with Crippen LogP contribution in [0.5, 0.6) is 0 Å². The van der Waals surface area contributed by atoms with E-state index in [9.17, 15) is 4.79 Å². The lowest BCUT2D eigenvalue weighted by atomic mass is 9.82. The van der Waals surface area contributed by atoms with E-state index in [0.29, 0.717) is 11.5 Å². The van der Waals surface area contributed by atoms with Crippen molar-refractivity contribution in [1.82, 2.24) is 14.8 Å². The molecular weight excluding hydrogens is 240 g/mol. The maximum absolute atomic E-state index is 11.8. The maximum Gasteiger partial charge on any atom is 0.294 e. The number of nitrogens with zero attached hydrogens (tertiary/aromatic N) is 3. The molecule has 0 atom stereocenters. The van der Waals surface area contributed by atoms with Gasteiger partial charge < -0.3 is 5.32 Å². The second-order valence-electron chi connectivity index (χ2n) is 5.29. The first-order chi connectivity index (χ1) is 9.20. The van der Waals surface area contributed by atoms with E-state index < -0.39 is 0 Å². The average Bonchev–Trinajstić information content (AvgIpc) is 2.38. The van der Waals surface area contributed by atoms with Gasteiger partial charge in [0.2, 0.25) is 0 Å². The van der Waals surface area contributed by atoms with Crippen molar-refractivity contribution < 1.29 is 0 Å². The highest BCUT2D eigenvalue weighted by Gasteiger charge is 2.44. The summed E-state index contributed by atoms with van der Waals surface area (Å²) in [7, 11) is 0. The second kappa shape index (κ2) is 3.44. The van der Waals surface area contributed by atoms with E-state index >= 15 is 0 Å². The van der Waals surface area contributed by atoms with Crippen molar-refractivity contribution in [3.05, 3.63) is 40.3 Å². The van der Waals surface area contributed by atoms with Gasteiger partial charge in [-0.15, -0.1) is 0 Å². The molecule has 0 amide bonds. The molecule has 4 rings (SSSR count). The standard InChI is InChI=1S/C14H14N4O/c1-9-13(19)15-12-10-5-2-3-6-11(10)16-14(7-4-8-14)18(12)17-9/h2-3,5-6,16H,4,7-8H2,1H3. The van der Waals surface area contributed by atoms with Crippen LogP contribution >= 0.6 is 0 Å². The topological polar surface area (TPSA) is 59.8 Å². The van der Waals surface area contributed by atoms with Gasteiger partial charge in [0.1, 0.15) is 11.4 Å². The lowest BCUT2D eigenvalue weighted by Crippen LogP contribution is -2.52. The number of hydrogen-bond acceptors (Lipinski definition) is 4. The Morgan fingerprint density at radius 2 is 2.11 bits per heavy atom. The van der Waals surface area contributed by atoms with Crippen LogP contribution in [0.4, 0.5) is 5.69 Å². The molecule has 0 unspecified atom stereocenters. The van der Waals surface area contributed by atoms with E-state index in [1.165, 1.54) is 6.42 Å². The summed E-state index contributed by atoms with van der Waals surface area (Å²) in [4.78, 5) is 16.0. The fourth-order valence-electron chi connectivity index (χ4n) is 2.88. The highest BCUT2D eigenvalue weighted by molar-refractivity contribution is 5.76. The Balaban J connectivity index is 2.06. The molecule has 1 aliphatic carbocycles. The normalized spacial score (nSPS) is 18.2. The number of hydrogen-bond donors (Lipinski definition) is 1. The molecule has 1 aromatic heterocycles. The van der Waals surface area contributed by atoms with Crippen molar-refractivity contribution in [3.63, 3.8) is 0 Å². The molecule has 1 aromatic carbocycles. The minimum atomic E-state index is -0.238. The van der Waals surface area contributed by atoms with Gasteiger partial charge in [-0.25, -0.2) is 4.68 Å². The Morgan fingerprint density at radius 1 is 1.32 bits per heavy atom. The van der Waals surface area contributed by atoms with Gasteiger partial charge in [0.25, 0.3) is 5.56 Å². The van der Waals surface area contributed by atoms with Crippen LogP contribution in [-0.4, -0.2) is 14.8 Å². The maximum atomic E-state index is 11.8. The first kappa shape index (κ1) is 10.7. The van der Waals surface area contributed by atoms with Crippen LogP contribution in [0.2, 0.25) is 0 Å². The summed E-state index contributed by atoms with van der Waals surface area (Å²) in [5.41, 5.74) is 2.02. The van der Waals surface area contributed by atoms with E-state index in [-0.39, 0.29) is 11.2 Å². The van der Waals surface area contributed by atoms with Gasteiger partial charge in [0.15, 0.2) is 5.82 Å². The second-order valence-corrected chi connectivity index (χ2v) is 5.29. The van der Waals surface area contributed by atoms with Crippen molar-refractivity contribution >= 4 is 5.69 Å². The first-order valence-electron chi connectivity index (χ1n) is 6.56. The SMILES string of the molecule is Cc1nn2c(nc1=O)-c1ccccc1NC21CCC1. The van der Waals surface area contributed by atoms with Gasteiger partial charge in [-0.2, -0.15) is 10.1 Å². The minimum absolute atomic E-state index is 0.185. The fourth-order valence-corrected chi connectivity index (χ4v) is 2.88. The first-order valence-corrected chi connectivity index (χ1v) is 6.56.